The summed E-state index contributed by atoms with van der Waals surface area (Å²) in [6.07, 6.45) is 1.30. The van der Waals surface area contributed by atoms with Crippen molar-refractivity contribution in [3.63, 3.8) is 0 Å². The molecule has 100 valence electrons. The molecule has 0 spiro atoms. The van der Waals surface area contributed by atoms with Crippen LogP contribution in [-0.4, -0.2) is 28.0 Å². The summed E-state index contributed by atoms with van der Waals surface area (Å²) in [5.41, 5.74) is 5.95. The Morgan fingerprint density at radius 1 is 1.61 bits per heavy atom. The summed E-state index contributed by atoms with van der Waals surface area (Å²) in [5.74, 6) is -0.102. The Balaban J connectivity index is 2.70. The van der Waals surface area contributed by atoms with Crippen LogP contribution in [0.25, 0.3) is 0 Å². The molecule has 0 radical (unpaired) electrons. The molecule has 7 nitrogen and oxygen atoms in total. The largest absolute Gasteiger partial charge is 0.349 e. The van der Waals surface area contributed by atoms with Crippen molar-refractivity contribution < 1.29 is 9.72 Å². The lowest BCUT2D eigenvalue weighted by molar-refractivity contribution is -0.384. The van der Waals surface area contributed by atoms with Crippen LogP contribution in [-0.2, 0) is 7.05 Å². The van der Waals surface area contributed by atoms with Crippen molar-refractivity contribution in [3.05, 3.63) is 28.1 Å². The van der Waals surface area contributed by atoms with E-state index in [4.69, 9.17) is 5.73 Å². The highest BCUT2D eigenvalue weighted by Crippen LogP contribution is 2.14. The molecule has 1 atom stereocenters. The maximum Gasteiger partial charge on any atom is 0.287 e. The summed E-state index contributed by atoms with van der Waals surface area (Å²) < 4.78 is 1.42. The average Bonchev–Trinajstić information content (AvgIpc) is 2.67. The van der Waals surface area contributed by atoms with Gasteiger partial charge in [0.25, 0.3) is 11.6 Å². The predicted octanol–water partition coefficient (Wildman–Crippen LogP) is 0.646. The SMILES string of the molecule is CC(C)C(N)CNC(=O)c1cc([N+](=O)[O-])cn1C. The fourth-order valence-electron chi connectivity index (χ4n) is 1.41. The van der Waals surface area contributed by atoms with E-state index in [1.54, 1.807) is 7.05 Å². The van der Waals surface area contributed by atoms with Gasteiger partial charge in [0.2, 0.25) is 0 Å². The lowest BCUT2D eigenvalue weighted by Gasteiger charge is -2.16. The third-order valence-corrected chi connectivity index (χ3v) is 2.79. The molecule has 1 aromatic rings. The summed E-state index contributed by atoms with van der Waals surface area (Å²) in [4.78, 5) is 21.9. The number of aryl methyl sites for hydroxylation is 1. The summed E-state index contributed by atoms with van der Waals surface area (Å²) in [6, 6.07) is 1.11. The summed E-state index contributed by atoms with van der Waals surface area (Å²) >= 11 is 0. The van der Waals surface area contributed by atoms with Gasteiger partial charge in [-0.25, -0.2) is 0 Å². The minimum Gasteiger partial charge on any atom is -0.349 e. The fourth-order valence-corrected chi connectivity index (χ4v) is 1.41. The van der Waals surface area contributed by atoms with Crippen LogP contribution in [0.2, 0.25) is 0 Å². The van der Waals surface area contributed by atoms with E-state index in [0.717, 1.165) is 0 Å². The molecule has 18 heavy (non-hydrogen) atoms. The number of hydrogen-bond donors (Lipinski definition) is 2. The number of nitrogens with one attached hydrogen (secondary N) is 1. The van der Waals surface area contributed by atoms with Crippen LogP contribution >= 0.6 is 0 Å². The number of amides is 1. The Morgan fingerprint density at radius 2 is 2.22 bits per heavy atom. The van der Waals surface area contributed by atoms with Gasteiger partial charge >= 0.3 is 0 Å². The fraction of sp³-hybridized carbons (Fsp3) is 0.545. The lowest BCUT2D eigenvalue weighted by atomic mass is 10.1. The van der Waals surface area contributed by atoms with Crippen molar-refractivity contribution in [1.29, 1.82) is 0 Å². The Hall–Kier alpha value is -1.89. The van der Waals surface area contributed by atoms with E-state index < -0.39 is 4.92 Å². The second-order valence-corrected chi connectivity index (χ2v) is 4.57. The molecule has 1 heterocycles. The van der Waals surface area contributed by atoms with Crippen LogP contribution in [0.1, 0.15) is 24.3 Å². The van der Waals surface area contributed by atoms with Crippen LogP contribution in [0.15, 0.2) is 12.3 Å². The first-order chi connectivity index (χ1) is 8.32. The third-order valence-electron chi connectivity index (χ3n) is 2.79. The zero-order valence-corrected chi connectivity index (χ0v) is 10.7. The van der Waals surface area contributed by atoms with Crippen LogP contribution in [0.5, 0.6) is 0 Å². The van der Waals surface area contributed by atoms with Crippen LogP contribution < -0.4 is 11.1 Å². The van der Waals surface area contributed by atoms with Gasteiger partial charge in [-0.1, -0.05) is 13.8 Å². The summed E-state index contributed by atoms with van der Waals surface area (Å²) in [6.45, 7) is 4.27. The van der Waals surface area contributed by atoms with Crippen molar-refractivity contribution in [2.24, 2.45) is 18.7 Å². The maximum atomic E-state index is 11.8. The summed E-state index contributed by atoms with van der Waals surface area (Å²) in [7, 11) is 1.59. The minimum atomic E-state index is -0.531. The van der Waals surface area contributed by atoms with Gasteiger partial charge in [0.1, 0.15) is 5.69 Å². The molecule has 0 aromatic carbocycles. The van der Waals surface area contributed by atoms with Crippen molar-refractivity contribution in [1.82, 2.24) is 9.88 Å². The number of nitro groups is 1. The second-order valence-electron chi connectivity index (χ2n) is 4.57. The highest BCUT2D eigenvalue weighted by atomic mass is 16.6. The van der Waals surface area contributed by atoms with E-state index in [1.807, 2.05) is 13.8 Å². The first-order valence-electron chi connectivity index (χ1n) is 5.67. The van der Waals surface area contributed by atoms with E-state index >= 15 is 0 Å². The van der Waals surface area contributed by atoms with Gasteiger partial charge in [0.05, 0.1) is 11.1 Å². The number of carbonyl (C=O) groups is 1. The molecule has 0 aliphatic rings. The predicted molar refractivity (Wildman–Crippen MR) is 67.2 cm³/mol. The topological polar surface area (TPSA) is 103 Å². The van der Waals surface area contributed by atoms with Crippen molar-refractivity contribution in [2.75, 3.05) is 6.54 Å². The Kier molecular flexibility index (Phi) is 4.43. The quantitative estimate of drug-likeness (QED) is 0.594. The monoisotopic (exact) mass is 254 g/mol. The molecule has 0 saturated carbocycles. The molecular weight excluding hydrogens is 236 g/mol. The number of hydrogen-bond acceptors (Lipinski definition) is 4. The molecular formula is C11H18N4O3. The van der Waals surface area contributed by atoms with Crippen molar-refractivity contribution in [2.45, 2.75) is 19.9 Å². The van der Waals surface area contributed by atoms with Gasteiger partial charge in [0, 0.05) is 25.7 Å². The van der Waals surface area contributed by atoms with Gasteiger partial charge in [-0.2, -0.15) is 0 Å². The Bertz CT molecular complexity index is 453. The van der Waals surface area contributed by atoms with E-state index in [-0.39, 0.29) is 29.2 Å². The number of carbonyl (C=O) groups excluding carboxylic acids is 1. The number of rotatable bonds is 5. The average molecular weight is 254 g/mol. The standard InChI is InChI=1S/C11H18N4O3/c1-7(2)9(12)5-13-11(16)10-4-8(15(17)18)6-14(10)3/h4,6-7,9H,5,12H2,1-3H3,(H,13,16). The Labute approximate surface area is 105 Å². The van der Waals surface area contributed by atoms with Gasteiger partial charge in [-0.3, -0.25) is 14.9 Å². The molecule has 0 aliphatic carbocycles. The molecule has 1 aromatic heterocycles. The van der Waals surface area contributed by atoms with Gasteiger partial charge in [-0.15, -0.1) is 0 Å². The lowest BCUT2D eigenvalue weighted by Crippen LogP contribution is -2.40. The minimum absolute atomic E-state index is 0.101. The van der Waals surface area contributed by atoms with Crippen LogP contribution in [0.4, 0.5) is 5.69 Å². The zero-order valence-electron chi connectivity index (χ0n) is 10.7. The van der Waals surface area contributed by atoms with E-state index in [9.17, 15) is 14.9 Å². The molecule has 7 heteroatoms. The molecule has 0 saturated heterocycles. The zero-order chi connectivity index (χ0) is 13.9. The van der Waals surface area contributed by atoms with Gasteiger partial charge in [-0.05, 0) is 5.92 Å². The number of nitrogens with two attached hydrogens (primary N) is 1. The van der Waals surface area contributed by atoms with Crippen molar-refractivity contribution in [3.8, 4) is 0 Å². The normalized spacial score (nSPS) is 12.5. The molecule has 3 N–H and O–H groups in total. The number of aromatic nitrogens is 1. The molecule has 0 fully saturated rings. The summed E-state index contributed by atoms with van der Waals surface area (Å²) in [5, 5.41) is 13.3. The van der Waals surface area contributed by atoms with Gasteiger partial charge in [0.15, 0.2) is 0 Å². The number of nitrogens with zero attached hydrogens (tertiary/aromatic N) is 2. The highest BCUT2D eigenvalue weighted by molar-refractivity contribution is 5.93. The maximum absolute atomic E-state index is 11.8. The molecule has 1 rings (SSSR count). The van der Waals surface area contributed by atoms with E-state index in [1.165, 1.54) is 16.8 Å². The van der Waals surface area contributed by atoms with E-state index in [2.05, 4.69) is 5.32 Å². The van der Waals surface area contributed by atoms with Crippen LogP contribution in [0.3, 0.4) is 0 Å². The van der Waals surface area contributed by atoms with Gasteiger partial charge < -0.3 is 15.6 Å². The van der Waals surface area contributed by atoms with Crippen LogP contribution in [0, 0.1) is 16.0 Å². The molecule has 1 unspecified atom stereocenters. The first kappa shape index (κ1) is 14.2. The Morgan fingerprint density at radius 3 is 2.67 bits per heavy atom. The van der Waals surface area contributed by atoms with Crippen molar-refractivity contribution >= 4 is 11.6 Å². The highest BCUT2D eigenvalue weighted by Gasteiger charge is 2.18. The van der Waals surface area contributed by atoms with E-state index in [0.29, 0.717) is 6.54 Å². The third kappa shape index (κ3) is 3.30. The molecule has 1 amide bonds. The smallest absolute Gasteiger partial charge is 0.287 e. The molecule has 0 bridgehead atoms. The second kappa shape index (κ2) is 5.63. The molecule has 0 aliphatic heterocycles. The first-order valence-corrected chi connectivity index (χ1v) is 5.67.